The molecule has 1 aliphatic rings. The van der Waals surface area contributed by atoms with Gasteiger partial charge in [0.15, 0.2) is 0 Å². The van der Waals surface area contributed by atoms with E-state index in [1.807, 2.05) is 0 Å². The van der Waals surface area contributed by atoms with Crippen LogP contribution < -0.4 is 15.9 Å². The Morgan fingerprint density at radius 1 is 0.424 bits per heavy atom. The molecule has 0 amide bonds. The average Bonchev–Trinajstić information content (AvgIpc) is 2.88. The summed E-state index contributed by atoms with van der Waals surface area (Å²) < 4.78 is 0. The van der Waals surface area contributed by atoms with E-state index < -0.39 is 6.04 Å². The van der Waals surface area contributed by atoms with Crippen molar-refractivity contribution < 1.29 is 0 Å². The van der Waals surface area contributed by atoms with E-state index in [2.05, 4.69) is 128 Å². The van der Waals surface area contributed by atoms with Crippen LogP contribution in [0.2, 0.25) is 0 Å². The first kappa shape index (κ1) is 20.4. The highest BCUT2D eigenvalue weighted by molar-refractivity contribution is 8.25. The van der Waals surface area contributed by atoms with Crippen molar-refractivity contribution in [3.05, 3.63) is 127 Å². The monoisotopic (exact) mass is 458 g/mol. The number of rotatable bonds is 1. The number of hydrogen-bond acceptors (Lipinski definition) is 1. The Morgan fingerprint density at radius 2 is 0.788 bits per heavy atom. The molecular formula is C31H23PS. The maximum absolute atomic E-state index is 6.69. The molecule has 5 aromatic carbocycles. The molecule has 0 saturated heterocycles. The molecular weight excluding hydrogens is 435 g/mol. The first-order valence-electron chi connectivity index (χ1n) is 11.2. The molecule has 0 N–H and O–H groups in total. The van der Waals surface area contributed by atoms with Gasteiger partial charge < -0.3 is 0 Å². The van der Waals surface area contributed by atoms with Crippen LogP contribution in [0.3, 0.4) is 0 Å². The van der Waals surface area contributed by atoms with E-state index in [1.54, 1.807) is 0 Å². The zero-order valence-electron chi connectivity index (χ0n) is 18.4. The molecule has 0 aromatic heterocycles. The maximum atomic E-state index is 6.69. The van der Waals surface area contributed by atoms with E-state index in [0.29, 0.717) is 0 Å². The van der Waals surface area contributed by atoms with Gasteiger partial charge in [-0.1, -0.05) is 114 Å². The fourth-order valence-corrected chi connectivity index (χ4v) is 8.46. The summed E-state index contributed by atoms with van der Waals surface area (Å²) in [6, 6.07) is 42.1. The first-order chi connectivity index (χ1) is 16.1. The summed E-state index contributed by atoms with van der Waals surface area (Å²) in [4.78, 5) is 0. The maximum Gasteiger partial charge on any atom is 0.0379 e. The minimum absolute atomic E-state index is 1.21. The van der Waals surface area contributed by atoms with E-state index in [4.69, 9.17) is 11.8 Å². The van der Waals surface area contributed by atoms with Crippen LogP contribution in [0.4, 0.5) is 0 Å². The molecule has 0 saturated carbocycles. The topological polar surface area (TPSA) is 0 Å². The SMILES string of the molecule is Cc1ccc(P2(=S)c3cccc(c3)-c3cccc(c3)-c3cccc(c3)-c3cccc2c3)cc1. The predicted molar refractivity (Wildman–Crippen MR) is 147 cm³/mol. The predicted octanol–water partition coefficient (Wildman–Crippen LogP) is 7.07. The van der Waals surface area contributed by atoms with Gasteiger partial charge in [-0.2, -0.15) is 0 Å². The fourth-order valence-electron chi connectivity index (χ4n) is 4.72. The summed E-state index contributed by atoms with van der Waals surface area (Å²) in [6.07, 6.45) is 0. The van der Waals surface area contributed by atoms with Crippen molar-refractivity contribution in [1.29, 1.82) is 0 Å². The van der Waals surface area contributed by atoms with Gasteiger partial charge >= 0.3 is 0 Å². The third-order valence-electron chi connectivity index (χ3n) is 6.54. The number of benzene rings is 5. The summed E-state index contributed by atoms with van der Waals surface area (Å²) in [5.74, 6) is 0. The van der Waals surface area contributed by atoms with Gasteiger partial charge in [-0.05, 0) is 80.5 Å². The molecule has 1 heterocycles. The minimum Gasteiger partial charge on any atom is -0.0826 e. The summed E-state index contributed by atoms with van der Waals surface area (Å²) >= 11 is 6.69. The van der Waals surface area contributed by atoms with E-state index in [-0.39, 0.29) is 0 Å². The Hall–Kier alpha value is -3.25. The molecule has 0 radical (unpaired) electrons. The van der Waals surface area contributed by atoms with Crippen molar-refractivity contribution in [3.63, 3.8) is 0 Å². The van der Waals surface area contributed by atoms with Crippen LogP contribution in [0.5, 0.6) is 0 Å². The molecule has 33 heavy (non-hydrogen) atoms. The Bertz CT molecular complexity index is 1450. The molecule has 2 heteroatoms. The number of aryl methyl sites for hydroxylation is 1. The fraction of sp³-hybridized carbons (Fsp3) is 0.0323. The Balaban J connectivity index is 1.73. The van der Waals surface area contributed by atoms with Crippen molar-refractivity contribution in [2.45, 2.75) is 6.92 Å². The normalized spacial score (nSPS) is 13.4. The summed E-state index contributed by atoms with van der Waals surface area (Å²) in [6.45, 7) is 2.13. The van der Waals surface area contributed by atoms with Crippen molar-refractivity contribution in [2.75, 3.05) is 0 Å². The average molecular weight is 459 g/mol. The van der Waals surface area contributed by atoms with E-state index in [1.165, 1.54) is 54.9 Å². The van der Waals surface area contributed by atoms with E-state index >= 15 is 0 Å². The molecule has 0 fully saturated rings. The van der Waals surface area contributed by atoms with Crippen LogP contribution in [-0.4, -0.2) is 0 Å². The van der Waals surface area contributed by atoms with Gasteiger partial charge in [-0.3, -0.25) is 0 Å². The second-order valence-corrected chi connectivity index (χ2v) is 13.1. The smallest absolute Gasteiger partial charge is 0.0379 e. The quantitative estimate of drug-likeness (QED) is 0.238. The molecule has 0 nitrogen and oxygen atoms in total. The lowest BCUT2D eigenvalue weighted by atomic mass is 9.96. The lowest BCUT2D eigenvalue weighted by molar-refractivity contribution is 1.49. The Kier molecular flexibility index (Phi) is 4.91. The summed E-state index contributed by atoms with van der Waals surface area (Å²) in [5.41, 5.74) is 8.57. The van der Waals surface area contributed by atoms with Crippen molar-refractivity contribution in [3.8, 4) is 33.4 Å². The molecule has 0 unspecified atom stereocenters. The van der Waals surface area contributed by atoms with Crippen LogP contribution >= 0.6 is 6.04 Å². The summed E-state index contributed by atoms with van der Waals surface area (Å²) in [7, 11) is 0. The van der Waals surface area contributed by atoms with E-state index in [0.717, 1.165) is 0 Å². The first-order valence-corrected chi connectivity index (χ1v) is 14.0. The highest BCUT2D eigenvalue weighted by Crippen LogP contribution is 2.44. The highest BCUT2D eigenvalue weighted by atomic mass is 32.4. The van der Waals surface area contributed by atoms with Gasteiger partial charge in [-0.25, -0.2) is 0 Å². The third-order valence-corrected chi connectivity index (χ3v) is 11.5. The van der Waals surface area contributed by atoms with Gasteiger partial charge in [0.25, 0.3) is 0 Å². The third kappa shape index (κ3) is 3.49. The largest absolute Gasteiger partial charge is 0.0826 e. The van der Waals surface area contributed by atoms with Crippen LogP contribution in [0.25, 0.3) is 33.4 Å². The van der Waals surface area contributed by atoms with Crippen molar-refractivity contribution >= 4 is 33.8 Å². The van der Waals surface area contributed by atoms with Crippen molar-refractivity contribution in [1.82, 2.24) is 0 Å². The van der Waals surface area contributed by atoms with Gasteiger partial charge in [0, 0.05) is 6.04 Å². The molecule has 0 atom stereocenters. The van der Waals surface area contributed by atoms with Crippen LogP contribution in [-0.2, 0) is 11.8 Å². The molecule has 1 aliphatic heterocycles. The van der Waals surface area contributed by atoms with Crippen LogP contribution in [0.15, 0.2) is 121 Å². The van der Waals surface area contributed by atoms with E-state index in [9.17, 15) is 0 Å². The minimum atomic E-state index is -2.24. The molecule has 8 bridgehead atoms. The highest BCUT2D eigenvalue weighted by Gasteiger charge is 2.26. The molecule has 6 rings (SSSR count). The zero-order chi connectivity index (χ0) is 22.4. The molecule has 0 spiro atoms. The van der Waals surface area contributed by atoms with Gasteiger partial charge in [-0.15, -0.1) is 0 Å². The van der Waals surface area contributed by atoms with Crippen LogP contribution in [0.1, 0.15) is 5.56 Å². The van der Waals surface area contributed by atoms with Gasteiger partial charge in [0.2, 0.25) is 0 Å². The van der Waals surface area contributed by atoms with Gasteiger partial charge in [0.1, 0.15) is 0 Å². The van der Waals surface area contributed by atoms with Crippen LogP contribution in [0, 0.1) is 6.92 Å². The lowest BCUT2D eigenvalue weighted by Crippen LogP contribution is -2.25. The molecule has 5 aromatic rings. The Morgan fingerprint density at radius 3 is 1.21 bits per heavy atom. The second kappa shape index (κ2) is 7.96. The second-order valence-electron chi connectivity index (χ2n) is 8.71. The molecule has 0 aliphatic carbocycles. The zero-order valence-corrected chi connectivity index (χ0v) is 20.1. The summed E-state index contributed by atoms with van der Waals surface area (Å²) in [5, 5.41) is 3.69. The number of fused-ring (bicyclic) bond motifs is 11. The molecule has 158 valence electrons. The standard InChI is InChI=1S/C31H23PS/c1-22-14-16-29(17-15-22)32(33)30-12-4-10-27(20-30)25-8-2-6-23(18-25)24-7-3-9-26(19-24)28-11-5-13-31(32)21-28/h2-21H,1H3. The van der Waals surface area contributed by atoms with Crippen molar-refractivity contribution in [2.24, 2.45) is 0 Å². The lowest BCUT2D eigenvalue weighted by Gasteiger charge is -2.25. The van der Waals surface area contributed by atoms with Gasteiger partial charge in [0.05, 0.1) is 0 Å². The Labute approximate surface area is 200 Å². The number of hydrogen-bond donors (Lipinski definition) is 0.